The molecular weight excluding hydrogens is 452 g/mol. The number of alkyl halides is 3. The highest BCUT2D eigenvalue weighted by Crippen LogP contribution is 2.45. The van der Waals surface area contributed by atoms with Crippen LogP contribution in [-0.4, -0.2) is 43.9 Å². The molecule has 0 N–H and O–H groups in total. The van der Waals surface area contributed by atoms with Gasteiger partial charge in [-0.3, -0.25) is 4.79 Å². The van der Waals surface area contributed by atoms with E-state index in [4.69, 9.17) is 4.74 Å². The number of carbonyl (C=O) groups is 1. The quantitative estimate of drug-likeness (QED) is 0.512. The molecule has 176 valence electrons. The first kappa shape index (κ1) is 22.2. The van der Waals surface area contributed by atoms with Gasteiger partial charge in [-0.2, -0.15) is 13.2 Å². The molecule has 1 aliphatic carbocycles. The van der Waals surface area contributed by atoms with Crippen LogP contribution in [-0.2, 0) is 6.18 Å². The first-order valence-electron chi connectivity index (χ1n) is 10.8. The summed E-state index contributed by atoms with van der Waals surface area (Å²) in [4.78, 5) is 27.5. The predicted molar refractivity (Wildman–Crippen MR) is 113 cm³/mol. The molecule has 1 saturated heterocycles. The number of nitrogens with zero attached hydrogens (tertiary/aromatic N) is 4. The Morgan fingerprint density at radius 1 is 1.09 bits per heavy atom. The van der Waals surface area contributed by atoms with Crippen LogP contribution in [0.3, 0.4) is 0 Å². The van der Waals surface area contributed by atoms with Crippen molar-refractivity contribution < 1.29 is 27.1 Å². The van der Waals surface area contributed by atoms with Gasteiger partial charge in [-0.1, -0.05) is 0 Å². The average Bonchev–Trinajstić information content (AvgIpc) is 3.36. The van der Waals surface area contributed by atoms with Gasteiger partial charge in [0, 0.05) is 36.3 Å². The molecule has 2 aromatic heterocycles. The van der Waals surface area contributed by atoms with Gasteiger partial charge in [0.2, 0.25) is 5.88 Å². The van der Waals surface area contributed by atoms with Crippen molar-refractivity contribution in [3.63, 3.8) is 0 Å². The van der Waals surface area contributed by atoms with Crippen molar-refractivity contribution in [2.45, 2.75) is 44.1 Å². The second kappa shape index (κ2) is 8.34. The van der Waals surface area contributed by atoms with Gasteiger partial charge in [0.25, 0.3) is 5.91 Å². The van der Waals surface area contributed by atoms with Crippen molar-refractivity contribution in [1.29, 1.82) is 0 Å². The number of rotatable bonds is 4. The Balaban J connectivity index is 1.41. The van der Waals surface area contributed by atoms with Gasteiger partial charge >= 0.3 is 6.18 Å². The number of aromatic nitrogens is 3. The van der Waals surface area contributed by atoms with Crippen LogP contribution >= 0.6 is 0 Å². The fourth-order valence-corrected chi connectivity index (χ4v) is 4.93. The molecule has 1 saturated carbocycles. The minimum Gasteiger partial charge on any atom is -0.472 e. The second-order valence-corrected chi connectivity index (χ2v) is 8.55. The van der Waals surface area contributed by atoms with E-state index < -0.39 is 23.7 Å². The molecule has 4 atom stereocenters. The van der Waals surface area contributed by atoms with E-state index in [1.54, 1.807) is 23.4 Å². The topological polar surface area (TPSA) is 68.2 Å². The number of benzene rings is 1. The predicted octanol–water partition coefficient (Wildman–Crippen LogP) is 4.77. The van der Waals surface area contributed by atoms with Crippen LogP contribution in [0.4, 0.5) is 17.6 Å². The molecule has 3 aromatic rings. The van der Waals surface area contributed by atoms with Gasteiger partial charge in [-0.25, -0.2) is 19.3 Å². The van der Waals surface area contributed by atoms with Crippen LogP contribution in [0.15, 0.2) is 55.0 Å². The minimum atomic E-state index is -4.48. The smallest absolute Gasteiger partial charge is 0.417 e. The number of piperidine rings is 1. The van der Waals surface area contributed by atoms with Crippen LogP contribution in [0.1, 0.15) is 35.7 Å². The summed E-state index contributed by atoms with van der Waals surface area (Å²) in [6, 6.07) is 7.24. The lowest BCUT2D eigenvalue weighted by atomic mass is 9.97. The van der Waals surface area contributed by atoms with E-state index in [0.717, 1.165) is 12.3 Å². The van der Waals surface area contributed by atoms with Gasteiger partial charge in [0.05, 0.1) is 17.2 Å². The molecule has 2 bridgehead atoms. The fourth-order valence-electron chi connectivity index (χ4n) is 4.93. The zero-order valence-corrected chi connectivity index (χ0v) is 18.0. The molecule has 0 radical (unpaired) electrons. The fraction of sp³-hybridized carbons (Fsp3) is 0.333. The SMILES string of the molecule is C[C@H]1[C@@H]2C[C@H](Oc3ccc(C(F)(F)F)cn3)[C@@H](C2)N1C(=O)c1cc(F)ccc1-c1ncccn1. The first-order valence-corrected chi connectivity index (χ1v) is 10.8. The van der Waals surface area contributed by atoms with Crippen molar-refractivity contribution in [3.8, 4) is 17.3 Å². The Morgan fingerprint density at radius 2 is 1.85 bits per heavy atom. The summed E-state index contributed by atoms with van der Waals surface area (Å²) in [7, 11) is 0. The van der Waals surface area contributed by atoms with Gasteiger partial charge in [-0.15, -0.1) is 0 Å². The zero-order valence-electron chi connectivity index (χ0n) is 18.0. The minimum absolute atomic E-state index is 0.0646. The maximum absolute atomic E-state index is 14.2. The highest BCUT2D eigenvalue weighted by Gasteiger charge is 2.53. The van der Waals surface area contributed by atoms with Crippen molar-refractivity contribution >= 4 is 5.91 Å². The molecule has 5 rings (SSSR count). The summed E-state index contributed by atoms with van der Waals surface area (Å²) in [5.74, 6) is -0.393. The van der Waals surface area contributed by atoms with Crippen LogP contribution in [0.5, 0.6) is 5.88 Å². The number of hydrogen-bond donors (Lipinski definition) is 0. The summed E-state index contributed by atoms with van der Waals surface area (Å²) in [6.45, 7) is 1.94. The van der Waals surface area contributed by atoms with Crippen LogP contribution in [0, 0.1) is 11.7 Å². The summed E-state index contributed by atoms with van der Waals surface area (Å²) in [5.41, 5.74) is -0.291. The second-order valence-electron chi connectivity index (χ2n) is 8.55. The third-order valence-corrected chi connectivity index (χ3v) is 6.58. The van der Waals surface area contributed by atoms with Gasteiger partial charge in [0.15, 0.2) is 5.82 Å². The van der Waals surface area contributed by atoms with Gasteiger partial charge in [-0.05, 0) is 56.0 Å². The lowest BCUT2D eigenvalue weighted by Gasteiger charge is -2.38. The largest absolute Gasteiger partial charge is 0.472 e. The summed E-state index contributed by atoms with van der Waals surface area (Å²) >= 11 is 0. The van der Waals surface area contributed by atoms with Gasteiger partial charge in [0.1, 0.15) is 11.9 Å². The number of halogens is 4. The molecule has 1 aromatic carbocycles. The lowest BCUT2D eigenvalue weighted by molar-refractivity contribution is -0.137. The van der Waals surface area contributed by atoms with E-state index in [9.17, 15) is 22.4 Å². The molecule has 0 spiro atoms. The van der Waals surface area contributed by atoms with Crippen molar-refractivity contribution in [2.24, 2.45) is 5.92 Å². The first-order chi connectivity index (χ1) is 16.2. The molecule has 6 nitrogen and oxygen atoms in total. The number of pyridine rings is 1. The number of carbonyl (C=O) groups excluding carboxylic acids is 1. The molecule has 1 aliphatic heterocycles. The maximum Gasteiger partial charge on any atom is 0.417 e. The normalized spacial score (nSPS) is 23.9. The molecule has 0 unspecified atom stereocenters. The number of ether oxygens (including phenoxy) is 1. The average molecular weight is 472 g/mol. The number of hydrogen-bond acceptors (Lipinski definition) is 5. The molecule has 10 heteroatoms. The van der Waals surface area contributed by atoms with E-state index in [-0.39, 0.29) is 35.4 Å². The Bertz CT molecular complexity index is 1200. The Hall–Kier alpha value is -3.56. The van der Waals surface area contributed by atoms with E-state index in [2.05, 4.69) is 15.0 Å². The molecular formula is C24H20F4N4O2. The molecule has 34 heavy (non-hydrogen) atoms. The summed E-state index contributed by atoms with van der Waals surface area (Å²) in [6.07, 6.45) is 0.234. The molecule has 2 fully saturated rings. The van der Waals surface area contributed by atoms with Crippen LogP contribution in [0.2, 0.25) is 0 Å². The number of fused-ring (bicyclic) bond motifs is 2. The van der Waals surface area contributed by atoms with Crippen LogP contribution in [0.25, 0.3) is 11.4 Å². The maximum atomic E-state index is 14.2. The Morgan fingerprint density at radius 3 is 2.50 bits per heavy atom. The van der Waals surface area contributed by atoms with Crippen molar-refractivity contribution in [3.05, 3.63) is 71.9 Å². The lowest BCUT2D eigenvalue weighted by Crippen LogP contribution is -2.51. The van der Waals surface area contributed by atoms with Crippen LogP contribution < -0.4 is 4.74 Å². The summed E-state index contributed by atoms with van der Waals surface area (Å²) in [5, 5.41) is 0. The third-order valence-electron chi connectivity index (χ3n) is 6.58. The molecule has 3 heterocycles. The Labute approximate surface area is 192 Å². The number of likely N-dealkylation sites (tertiary alicyclic amines) is 1. The number of amides is 1. The van der Waals surface area contributed by atoms with E-state index in [1.807, 2.05) is 6.92 Å². The highest BCUT2D eigenvalue weighted by molar-refractivity contribution is 6.00. The highest BCUT2D eigenvalue weighted by atomic mass is 19.4. The van der Waals surface area contributed by atoms with Crippen molar-refractivity contribution in [1.82, 2.24) is 19.9 Å². The van der Waals surface area contributed by atoms with Gasteiger partial charge < -0.3 is 9.64 Å². The standard InChI is InChI=1S/C24H20F4N4O2/c1-13-14-9-19(20(10-14)34-21-6-3-15(12-31-21)24(26,27)28)32(13)23(33)18-11-16(25)4-5-17(18)22-29-7-2-8-30-22/h2-8,11-14,19-20H,9-10H2,1H3/t13-,14-,19+,20-/m0/s1. The van der Waals surface area contributed by atoms with Crippen molar-refractivity contribution in [2.75, 3.05) is 0 Å². The monoisotopic (exact) mass is 472 g/mol. The zero-order chi connectivity index (χ0) is 24.0. The Kier molecular flexibility index (Phi) is 5.45. The summed E-state index contributed by atoms with van der Waals surface area (Å²) < 4.78 is 58.5. The molecule has 2 aliphatic rings. The van der Waals surface area contributed by atoms with E-state index in [0.29, 0.717) is 24.2 Å². The van der Waals surface area contributed by atoms with E-state index in [1.165, 1.54) is 24.3 Å². The third kappa shape index (κ3) is 3.97. The molecule has 1 amide bonds. The van der Waals surface area contributed by atoms with E-state index >= 15 is 0 Å².